The Morgan fingerprint density at radius 3 is 2.78 bits per heavy atom. The molecule has 1 aromatic rings. The Balaban J connectivity index is 2.00. The summed E-state index contributed by atoms with van der Waals surface area (Å²) in [7, 11) is 0. The molecule has 0 aliphatic heterocycles. The number of carbonyl (C=O) groups excluding carboxylic acids is 1. The number of unbranched alkanes of at least 4 members (excludes halogenated alkanes) is 3. The normalized spacial score (nSPS) is 10.6. The third kappa shape index (κ3) is 6.34. The number of amides is 1. The van der Waals surface area contributed by atoms with Crippen molar-refractivity contribution in [2.24, 2.45) is 0 Å². The lowest BCUT2D eigenvalue weighted by Crippen LogP contribution is -2.24. The monoisotopic (exact) mass is 255 g/mol. The van der Waals surface area contributed by atoms with E-state index in [2.05, 4.69) is 15.5 Å². The minimum absolute atomic E-state index is 0.00742. The van der Waals surface area contributed by atoms with Gasteiger partial charge >= 0.3 is 0 Å². The van der Waals surface area contributed by atoms with Gasteiger partial charge in [-0.2, -0.15) is 4.98 Å². The zero-order valence-electron chi connectivity index (χ0n) is 10.8. The van der Waals surface area contributed by atoms with Crippen LogP contribution < -0.4 is 5.32 Å². The van der Waals surface area contributed by atoms with E-state index >= 15 is 0 Å². The van der Waals surface area contributed by atoms with Crippen LogP contribution in [0.1, 0.15) is 43.8 Å². The minimum atomic E-state index is 0.00742. The maximum atomic E-state index is 11.5. The average molecular weight is 255 g/mol. The van der Waals surface area contributed by atoms with E-state index in [9.17, 15) is 4.79 Å². The molecule has 0 radical (unpaired) electrons. The van der Waals surface area contributed by atoms with Crippen molar-refractivity contribution >= 4 is 5.91 Å². The van der Waals surface area contributed by atoms with Crippen LogP contribution in [0.5, 0.6) is 0 Å². The van der Waals surface area contributed by atoms with E-state index in [4.69, 9.17) is 9.63 Å². The van der Waals surface area contributed by atoms with Crippen LogP contribution in [0.2, 0.25) is 0 Å². The Morgan fingerprint density at radius 1 is 1.33 bits per heavy atom. The lowest BCUT2D eigenvalue weighted by molar-refractivity contribution is -0.121. The summed E-state index contributed by atoms with van der Waals surface area (Å²) in [4.78, 5) is 15.5. The fraction of sp³-hybridized carbons (Fsp3) is 0.750. The maximum Gasteiger partial charge on any atom is 0.227 e. The van der Waals surface area contributed by atoms with Gasteiger partial charge in [0.05, 0.1) is 0 Å². The van der Waals surface area contributed by atoms with Crippen LogP contribution in [-0.2, 0) is 11.2 Å². The second kappa shape index (κ2) is 8.63. The van der Waals surface area contributed by atoms with E-state index in [0.717, 1.165) is 25.7 Å². The first kappa shape index (κ1) is 14.6. The van der Waals surface area contributed by atoms with Gasteiger partial charge in [0, 0.05) is 26.0 Å². The number of hydrogen-bond acceptors (Lipinski definition) is 5. The van der Waals surface area contributed by atoms with Crippen molar-refractivity contribution in [3.8, 4) is 0 Å². The lowest BCUT2D eigenvalue weighted by Gasteiger charge is -2.03. The summed E-state index contributed by atoms with van der Waals surface area (Å²) in [5.41, 5.74) is 0. The molecule has 1 rings (SSSR count). The molecule has 0 spiro atoms. The van der Waals surface area contributed by atoms with Crippen molar-refractivity contribution in [1.29, 1.82) is 0 Å². The number of nitrogens with one attached hydrogen (secondary N) is 1. The van der Waals surface area contributed by atoms with E-state index < -0.39 is 0 Å². The molecule has 0 fully saturated rings. The summed E-state index contributed by atoms with van der Waals surface area (Å²) in [5.74, 6) is 1.10. The SMILES string of the molecule is Cc1noc(CCC(=O)NCCCCCCO)n1. The van der Waals surface area contributed by atoms with Gasteiger partial charge < -0.3 is 14.9 Å². The predicted molar refractivity (Wildman–Crippen MR) is 65.9 cm³/mol. The molecule has 0 aliphatic rings. The minimum Gasteiger partial charge on any atom is -0.396 e. The molecule has 1 amide bonds. The third-order valence-electron chi connectivity index (χ3n) is 2.54. The molecule has 0 bridgehead atoms. The first-order valence-corrected chi connectivity index (χ1v) is 6.39. The molecule has 102 valence electrons. The molecule has 6 heteroatoms. The van der Waals surface area contributed by atoms with Crippen LogP contribution in [0.15, 0.2) is 4.52 Å². The standard InChI is InChI=1S/C12H21N3O3/c1-10-14-12(18-15-10)7-6-11(17)13-8-4-2-3-5-9-16/h16H,2-9H2,1H3,(H,13,17). The van der Waals surface area contributed by atoms with E-state index in [1.165, 1.54) is 0 Å². The smallest absolute Gasteiger partial charge is 0.227 e. The molecule has 2 N–H and O–H groups in total. The summed E-state index contributed by atoms with van der Waals surface area (Å²) in [6.07, 6.45) is 4.68. The zero-order valence-corrected chi connectivity index (χ0v) is 10.8. The molecule has 0 unspecified atom stereocenters. The van der Waals surface area contributed by atoms with Gasteiger partial charge in [-0.15, -0.1) is 0 Å². The molecule has 1 heterocycles. The summed E-state index contributed by atoms with van der Waals surface area (Å²) in [6.45, 7) is 2.68. The van der Waals surface area contributed by atoms with Crippen LogP contribution in [0, 0.1) is 6.92 Å². The van der Waals surface area contributed by atoms with Crippen LogP contribution in [-0.4, -0.2) is 34.3 Å². The van der Waals surface area contributed by atoms with E-state index in [-0.39, 0.29) is 12.5 Å². The highest BCUT2D eigenvalue weighted by Gasteiger charge is 2.06. The maximum absolute atomic E-state index is 11.5. The van der Waals surface area contributed by atoms with Crippen molar-refractivity contribution in [3.05, 3.63) is 11.7 Å². The Bertz CT molecular complexity index is 352. The zero-order chi connectivity index (χ0) is 13.2. The molecule has 6 nitrogen and oxygen atoms in total. The highest BCUT2D eigenvalue weighted by molar-refractivity contribution is 5.75. The van der Waals surface area contributed by atoms with Gasteiger partial charge in [0.2, 0.25) is 11.8 Å². The van der Waals surface area contributed by atoms with Gasteiger partial charge in [-0.3, -0.25) is 4.79 Å². The molecule has 0 atom stereocenters. The van der Waals surface area contributed by atoms with Crippen molar-refractivity contribution < 1.29 is 14.4 Å². The van der Waals surface area contributed by atoms with Crippen LogP contribution in [0.3, 0.4) is 0 Å². The number of aromatic nitrogens is 2. The molecule has 18 heavy (non-hydrogen) atoms. The summed E-state index contributed by atoms with van der Waals surface area (Å²) >= 11 is 0. The van der Waals surface area contributed by atoms with Crippen LogP contribution in [0.4, 0.5) is 0 Å². The first-order chi connectivity index (χ1) is 8.72. The van der Waals surface area contributed by atoms with E-state index in [1.807, 2.05) is 0 Å². The number of aliphatic hydroxyl groups is 1. The van der Waals surface area contributed by atoms with Crippen molar-refractivity contribution in [1.82, 2.24) is 15.5 Å². The second-order valence-corrected chi connectivity index (χ2v) is 4.22. The third-order valence-corrected chi connectivity index (χ3v) is 2.54. The number of nitrogens with zero attached hydrogens (tertiary/aromatic N) is 2. The number of rotatable bonds is 9. The molecular formula is C12H21N3O3. The molecule has 0 aliphatic carbocycles. The Kier molecular flexibility index (Phi) is 7.01. The van der Waals surface area contributed by atoms with Gasteiger partial charge in [0.25, 0.3) is 0 Å². The Hall–Kier alpha value is -1.43. The molecule has 0 saturated carbocycles. The van der Waals surface area contributed by atoms with Crippen molar-refractivity contribution in [2.75, 3.05) is 13.2 Å². The van der Waals surface area contributed by atoms with E-state index in [0.29, 0.717) is 31.1 Å². The summed E-state index contributed by atoms with van der Waals surface area (Å²) in [6, 6.07) is 0. The topological polar surface area (TPSA) is 88.2 Å². The van der Waals surface area contributed by atoms with Crippen molar-refractivity contribution in [3.63, 3.8) is 0 Å². The number of hydrogen-bond donors (Lipinski definition) is 2. The van der Waals surface area contributed by atoms with Gasteiger partial charge in [0.15, 0.2) is 5.82 Å². The van der Waals surface area contributed by atoms with Gasteiger partial charge in [-0.05, 0) is 19.8 Å². The van der Waals surface area contributed by atoms with Gasteiger partial charge in [-0.1, -0.05) is 18.0 Å². The molecule has 0 saturated heterocycles. The average Bonchev–Trinajstić information content (AvgIpc) is 2.77. The van der Waals surface area contributed by atoms with E-state index in [1.54, 1.807) is 6.92 Å². The number of carbonyl (C=O) groups is 1. The highest BCUT2D eigenvalue weighted by atomic mass is 16.5. The fourth-order valence-corrected chi connectivity index (χ4v) is 1.57. The second-order valence-electron chi connectivity index (χ2n) is 4.22. The summed E-state index contributed by atoms with van der Waals surface area (Å²) in [5, 5.41) is 15.1. The Labute approximate surface area is 107 Å². The highest BCUT2D eigenvalue weighted by Crippen LogP contribution is 2.00. The van der Waals surface area contributed by atoms with Crippen molar-refractivity contribution in [2.45, 2.75) is 45.4 Å². The first-order valence-electron chi connectivity index (χ1n) is 6.39. The molecular weight excluding hydrogens is 234 g/mol. The molecule has 0 aromatic carbocycles. The summed E-state index contributed by atoms with van der Waals surface area (Å²) < 4.78 is 4.92. The fourth-order valence-electron chi connectivity index (χ4n) is 1.57. The van der Waals surface area contributed by atoms with Crippen LogP contribution in [0.25, 0.3) is 0 Å². The van der Waals surface area contributed by atoms with Gasteiger partial charge in [0.1, 0.15) is 0 Å². The van der Waals surface area contributed by atoms with Crippen LogP contribution >= 0.6 is 0 Å². The largest absolute Gasteiger partial charge is 0.396 e. The number of aliphatic hydroxyl groups excluding tert-OH is 1. The Morgan fingerprint density at radius 2 is 2.11 bits per heavy atom. The molecule has 1 aromatic heterocycles. The lowest BCUT2D eigenvalue weighted by atomic mass is 10.2. The van der Waals surface area contributed by atoms with Gasteiger partial charge in [-0.25, -0.2) is 0 Å². The quantitative estimate of drug-likeness (QED) is 0.642. The predicted octanol–water partition coefficient (Wildman–Crippen LogP) is 0.980. The number of aryl methyl sites for hydroxylation is 2.